The number of amides is 2. The predicted octanol–water partition coefficient (Wildman–Crippen LogP) is 4.68. The number of aromatic nitrogens is 2. The summed E-state index contributed by atoms with van der Waals surface area (Å²) in [6.07, 6.45) is 0.613. The molecule has 0 bridgehead atoms. The van der Waals surface area contributed by atoms with Gasteiger partial charge in [0.25, 0.3) is 5.89 Å². The van der Waals surface area contributed by atoms with Crippen LogP contribution in [0.5, 0.6) is 0 Å². The highest BCUT2D eigenvalue weighted by molar-refractivity contribution is 5.89. The van der Waals surface area contributed by atoms with Crippen molar-refractivity contribution in [2.45, 2.75) is 25.4 Å². The zero-order valence-electron chi connectivity index (χ0n) is 15.9. The lowest BCUT2D eigenvalue weighted by molar-refractivity contribution is 0.0333. The Balaban J connectivity index is 1.49. The van der Waals surface area contributed by atoms with Gasteiger partial charge in [-0.05, 0) is 37.5 Å². The number of likely N-dealkylation sites (tertiary alicyclic amines) is 1. The molecule has 6 nitrogen and oxygen atoms in total. The van der Waals surface area contributed by atoms with E-state index < -0.39 is 17.5 Å². The summed E-state index contributed by atoms with van der Waals surface area (Å²) in [6.45, 7) is 1.80. The van der Waals surface area contributed by atoms with Gasteiger partial charge in [-0.2, -0.15) is 4.98 Å². The van der Waals surface area contributed by atoms with Crippen LogP contribution in [-0.4, -0.2) is 34.2 Å². The molecule has 4 rings (SSSR count). The van der Waals surface area contributed by atoms with E-state index in [2.05, 4.69) is 15.5 Å². The van der Waals surface area contributed by atoms with Crippen LogP contribution in [-0.2, 0) is 5.67 Å². The van der Waals surface area contributed by atoms with E-state index in [1.807, 2.05) is 18.2 Å². The third-order valence-corrected chi connectivity index (χ3v) is 4.99. The number of rotatable bonds is 3. The molecule has 1 unspecified atom stereocenters. The Morgan fingerprint density at radius 2 is 2.03 bits per heavy atom. The number of anilines is 1. The van der Waals surface area contributed by atoms with Crippen LogP contribution in [0.25, 0.3) is 11.4 Å². The normalized spacial score (nSPS) is 19.2. The van der Waals surface area contributed by atoms with Gasteiger partial charge in [0.1, 0.15) is 5.82 Å². The fourth-order valence-corrected chi connectivity index (χ4v) is 3.34. The largest absolute Gasteiger partial charge is 0.335 e. The SMILES string of the molecule is Cc1ccc(NC(=O)N2CCCC(F)(c3nc(-c4ccccc4)no3)C2)cc1F. The second-order valence-corrected chi connectivity index (χ2v) is 7.17. The Hall–Kier alpha value is -3.29. The molecule has 0 spiro atoms. The van der Waals surface area contributed by atoms with E-state index in [9.17, 15) is 9.18 Å². The Labute approximate surface area is 166 Å². The molecule has 1 saturated heterocycles. The summed E-state index contributed by atoms with van der Waals surface area (Å²) in [4.78, 5) is 18.1. The minimum Gasteiger partial charge on any atom is -0.335 e. The zero-order valence-corrected chi connectivity index (χ0v) is 15.9. The van der Waals surface area contributed by atoms with Crippen molar-refractivity contribution < 1.29 is 18.1 Å². The van der Waals surface area contributed by atoms with Crippen molar-refractivity contribution in [1.29, 1.82) is 0 Å². The first-order chi connectivity index (χ1) is 13.9. The molecule has 3 aromatic rings. The summed E-state index contributed by atoms with van der Waals surface area (Å²) in [5, 5.41) is 6.49. The maximum atomic E-state index is 15.6. The molecule has 2 heterocycles. The second kappa shape index (κ2) is 7.62. The van der Waals surface area contributed by atoms with Crippen LogP contribution in [0.2, 0.25) is 0 Å². The number of benzene rings is 2. The van der Waals surface area contributed by atoms with Crippen molar-refractivity contribution in [2.75, 3.05) is 18.4 Å². The number of carbonyl (C=O) groups excluding carboxylic acids is 1. The van der Waals surface area contributed by atoms with Gasteiger partial charge in [0, 0.05) is 17.8 Å². The summed E-state index contributed by atoms with van der Waals surface area (Å²) in [6, 6.07) is 13.0. The summed E-state index contributed by atoms with van der Waals surface area (Å²) in [5.41, 5.74) is -0.418. The third kappa shape index (κ3) is 3.96. The standard InChI is InChI=1S/C21H20F2N4O2/c1-14-8-9-16(12-17(14)22)24-20(28)27-11-5-10-21(23,13-27)19-25-18(26-29-19)15-6-3-2-4-7-15/h2-4,6-9,12H,5,10-11,13H2,1H3,(H,24,28). The average molecular weight is 398 g/mol. The molecule has 1 aliphatic rings. The maximum absolute atomic E-state index is 15.6. The van der Waals surface area contributed by atoms with Crippen LogP contribution >= 0.6 is 0 Å². The summed E-state index contributed by atoms with van der Waals surface area (Å²) in [5.74, 6) is -0.259. The van der Waals surface area contributed by atoms with Crippen LogP contribution in [0.15, 0.2) is 53.1 Å². The molecule has 1 aliphatic heterocycles. The molecule has 1 N–H and O–H groups in total. The number of nitrogens with one attached hydrogen (secondary N) is 1. The smallest absolute Gasteiger partial charge is 0.321 e. The van der Waals surface area contributed by atoms with Crippen molar-refractivity contribution in [1.82, 2.24) is 15.0 Å². The lowest BCUT2D eigenvalue weighted by Crippen LogP contribution is -2.48. The van der Waals surface area contributed by atoms with Gasteiger partial charge in [0.15, 0.2) is 0 Å². The van der Waals surface area contributed by atoms with E-state index in [1.165, 1.54) is 11.0 Å². The summed E-state index contributed by atoms with van der Waals surface area (Å²) in [7, 11) is 0. The molecule has 1 atom stereocenters. The predicted molar refractivity (Wildman–Crippen MR) is 103 cm³/mol. The molecule has 0 radical (unpaired) electrons. The number of piperidine rings is 1. The number of hydrogen-bond acceptors (Lipinski definition) is 4. The van der Waals surface area contributed by atoms with Crippen LogP contribution in [0.3, 0.4) is 0 Å². The van der Waals surface area contributed by atoms with Gasteiger partial charge in [-0.25, -0.2) is 13.6 Å². The van der Waals surface area contributed by atoms with Gasteiger partial charge in [0.05, 0.1) is 6.54 Å². The van der Waals surface area contributed by atoms with Gasteiger partial charge in [-0.3, -0.25) is 0 Å². The number of aryl methyl sites for hydroxylation is 1. The lowest BCUT2D eigenvalue weighted by atomic mass is 9.94. The van der Waals surface area contributed by atoms with Crippen molar-refractivity contribution in [2.24, 2.45) is 0 Å². The molecule has 1 fully saturated rings. The average Bonchev–Trinajstić information content (AvgIpc) is 3.23. The quantitative estimate of drug-likeness (QED) is 0.696. The number of urea groups is 1. The Morgan fingerprint density at radius 1 is 1.24 bits per heavy atom. The molecule has 150 valence electrons. The Kier molecular flexibility index (Phi) is 5.00. The van der Waals surface area contributed by atoms with Gasteiger partial charge in [-0.1, -0.05) is 41.6 Å². The zero-order chi connectivity index (χ0) is 20.4. The maximum Gasteiger partial charge on any atom is 0.321 e. The number of nitrogens with zero attached hydrogens (tertiary/aromatic N) is 3. The summed E-state index contributed by atoms with van der Waals surface area (Å²) >= 11 is 0. The fourth-order valence-electron chi connectivity index (χ4n) is 3.34. The number of alkyl halides is 1. The minimum atomic E-state index is -1.94. The minimum absolute atomic E-state index is 0.143. The number of carbonyl (C=O) groups is 1. The van der Waals surface area contributed by atoms with E-state index in [0.29, 0.717) is 30.0 Å². The first-order valence-electron chi connectivity index (χ1n) is 9.35. The third-order valence-electron chi connectivity index (χ3n) is 4.99. The van der Waals surface area contributed by atoms with Crippen molar-refractivity contribution >= 4 is 11.7 Å². The molecule has 2 aromatic carbocycles. The van der Waals surface area contributed by atoms with Crippen LogP contribution in [0.1, 0.15) is 24.3 Å². The molecule has 2 amide bonds. The molecule has 0 aliphatic carbocycles. The Morgan fingerprint density at radius 3 is 2.79 bits per heavy atom. The lowest BCUT2D eigenvalue weighted by Gasteiger charge is -2.35. The van der Waals surface area contributed by atoms with Crippen molar-refractivity contribution in [3.8, 4) is 11.4 Å². The highest BCUT2D eigenvalue weighted by Crippen LogP contribution is 2.35. The van der Waals surface area contributed by atoms with Gasteiger partial charge >= 0.3 is 6.03 Å². The van der Waals surface area contributed by atoms with Crippen LogP contribution < -0.4 is 5.32 Å². The van der Waals surface area contributed by atoms with E-state index in [1.54, 1.807) is 31.2 Å². The molecule has 0 saturated carbocycles. The van der Waals surface area contributed by atoms with Crippen LogP contribution in [0.4, 0.5) is 19.3 Å². The van der Waals surface area contributed by atoms with Crippen LogP contribution in [0, 0.1) is 12.7 Å². The van der Waals surface area contributed by atoms with Gasteiger partial charge in [-0.15, -0.1) is 0 Å². The molecular formula is C21H20F2N4O2. The van der Waals surface area contributed by atoms with E-state index in [4.69, 9.17) is 4.52 Å². The highest BCUT2D eigenvalue weighted by Gasteiger charge is 2.44. The van der Waals surface area contributed by atoms with Gasteiger partial charge < -0.3 is 14.7 Å². The van der Waals surface area contributed by atoms with E-state index in [0.717, 1.165) is 5.56 Å². The first-order valence-corrected chi connectivity index (χ1v) is 9.35. The van der Waals surface area contributed by atoms with E-state index in [-0.39, 0.29) is 18.9 Å². The topological polar surface area (TPSA) is 71.3 Å². The fraction of sp³-hybridized carbons (Fsp3) is 0.286. The van der Waals surface area contributed by atoms with Crippen molar-refractivity contribution in [3.05, 3.63) is 65.8 Å². The molecular weight excluding hydrogens is 378 g/mol. The second-order valence-electron chi connectivity index (χ2n) is 7.17. The molecule has 8 heteroatoms. The number of halogens is 2. The first kappa shape index (κ1) is 19.0. The summed E-state index contributed by atoms with van der Waals surface area (Å²) < 4.78 is 34.5. The molecule has 1 aromatic heterocycles. The monoisotopic (exact) mass is 398 g/mol. The number of hydrogen-bond donors (Lipinski definition) is 1. The van der Waals surface area contributed by atoms with E-state index >= 15 is 4.39 Å². The van der Waals surface area contributed by atoms with Gasteiger partial charge in [0.2, 0.25) is 11.5 Å². The van der Waals surface area contributed by atoms with Crippen molar-refractivity contribution in [3.63, 3.8) is 0 Å². The highest BCUT2D eigenvalue weighted by atomic mass is 19.1. The Bertz CT molecular complexity index is 1020. The molecule has 29 heavy (non-hydrogen) atoms.